The van der Waals surface area contributed by atoms with E-state index in [9.17, 15) is 14.7 Å². The molecule has 1 aromatic heterocycles. The Morgan fingerprint density at radius 1 is 1.34 bits per heavy atom. The van der Waals surface area contributed by atoms with Crippen molar-refractivity contribution in [2.75, 3.05) is 20.6 Å². The number of carbonyl (C=O) groups excluding carboxylic acids is 2. The SMILES string of the molecule is CC(=O)Oc1cc(O)c2c3c1O[C@H]1[C@H](N(C)C(=O)/C=C/c4ccoc4)CC[C@H]4[C@@H](C2)N(C)CC[C@@]341. The average molecular weight is 479 g/mol. The minimum absolute atomic E-state index is 0.103. The van der Waals surface area contributed by atoms with Crippen LogP contribution in [-0.4, -0.2) is 65.6 Å². The molecule has 3 heterocycles. The Morgan fingerprint density at radius 3 is 2.91 bits per heavy atom. The number of carbonyl (C=O) groups is 2. The van der Waals surface area contributed by atoms with Gasteiger partial charge < -0.3 is 28.8 Å². The van der Waals surface area contributed by atoms with Crippen LogP contribution >= 0.6 is 0 Å². The first kappa shape index (κ1) is 22.2. The van der Waals surface area contributed by atoms with Gasteiger partial charge in [0.2, 0.25) is 5.91 Å². The van der Waals surface area contributed by atoms with E-state index in [2.05, 4.69) is 11.9 Å². The van der Waals surface area contributed by atoms with E-state index in [0.717, 1.165) is 48.9 Å². The number of hydrogen-bond acceptors (Lipinski definition) is 7. The van der Waals surface area contributed by atoms with Gasteiger partial charge in [0.1, 0.15) is 11.9 Å². The van der Waals surface area contributed by atoms with E-state index in [1.807, 2.05) is 7.05 Å². The average Bonchev–Trinajstić information content (AvgIpc) is 3.46. The van der Waals surface area contributed by atoms with Crippen LogP contribution in [0, 0.1) is 5.92 Å². The van der Waals surface area contributed by atoms with E-state index in [4.69, 9.17) is 13.9 Å². The second-order valence-electron chi connectivity index (χ2n) is 10.3. The molecule has 2 fully saturated rings. The maximum Gasteiger partial charge on any atom is 0.308 e. The van der Waals surface area contributed by atoms with E-state index in [1.54, 1.807) is 35.6 Å². The molecule has 2 bridgehead atoms. The largest absolute Gasteiger partial charge is 0.508 e. The Hall–Kier alpha value is -3.26. The van der Waals surface area contributed by atoms with Crippen LogP contribution in [0.25, 0.3) is 6.08 Å². The zero-order chi connectivity index (χ0) is 24.5. The summed E-state index contributed by atoms with van der Waals surface area (Å²) in [6.45, 7) is 2.25. The molecule has 8 nitrogen and oxygen atoms in total. The second kappa shape index (κ2) is 7.88. The second-order valence-corrected chi connectivity index (χ2v) is 10.3. The number of piperidine rings is 1. The highest BCUT2D eigenvalue weighted by Gasteiger charge is 2.66. The summed E-state index contributed by atoms with van der Waals surface area (Å²) in [7, 11) is 3.98. The predicted molar refractivity (Wildman–Crippen MR) is 127 cm³/mol. The van der Waals surface area contributed by atoms with E-state index >= 15 is 0 Å². The van der Waals surface area contributed by atoms with Crippen LogP contribution < -0.4 is 9.47 Å². The Kier molecular flexibility index (Phi) is 5.00. The quantitative estimate of drug-likeness (QED) is 0.410. The smallest absolute Gasteiger partial charge is 0.308 e. The van der Waals surface area contributed by atoms with Crippen LogP contribution in [0.3, 0.4) is 0 Å². The Morgan fingerprint density at radius 2 is 2.17 bits per heavy atom. The lowest BCUT2D eigenvalue weighted by Gasteiger charge is -2.59. The number of furan rings is 1. The fourth-order valence-electron chi connectivity index (χ4n) is 7.21. The molecule has 5 atom stereocenters. The van der Waals surface area contributed by atoms with E-state index in [0.29, 0.717) is 17.7 Å². The van der Waals surface area contributed by atoms with Crippen LogP contribution in [0.4, 0.5) is 0 Å². The number of phenolic OH excluding ortho intramolecular Hbond substituents is 1. The number of amides is 1. The summed E-state index contributed by atoms with van der Waals surface area (Å²) in [5, 5.41) is 11.0. The van der Waals surface area contributed by atoms with Gasteiger partial charge in [0.05, 0.1) is 18.6 Å². The minimum Gasteiger partial charge on any atom is -0.508 e. The van der Waals surface area contributed by atoms with Gasteiger partial charge >= 0.3 is 5.97 Å². The van der Waals surface area contributed by atoms with Crippen molar-refractivity contribution < 1.29 is 28.6 Å². The topological polar surface area (TPSA) is 92.5 Å². The maximum absolute atomic E-state index is 13.2. The van der Waals surface area contributed by atoms with Gasteiger partial charge in [-0.3, -0.25) is 9.59 Å². The molecule has 2 aromatic rings. The van der Waals surface area contributed by atoms with Crippen LogP contribution in [0.1, 0.15) is 42.9 Å². The molecule has 1 spiro atoms. The lowest BCUT2D eigenvalue weighted by molar-refractivity contribution is -0.134. The molecular weight excluding hydrogens is 448 g/mol. The lowest BCUT2D eigenvalue weighted by atomic mass is 9.51. The number of likely N-dealkylation sites (tertiary alicyclic amines) is 1. The van der Waals surface area contributed by atoms with Crippen molar-refractivity contribution in [3.8, 4) is 17.2 Å². The molecule has 1 saturated heterocycles. The van der Waals surface area contributed by atoms with Gasteiger partial charge in [-0.1, -0.05) is 0 Å². The summed E-state index contributed by atoms with van der Waals surface area (Å²) < 4.78 is 17.3. The van der Waals surface area contributed by atoms with E-state index in [-0.39, 0.29) is 35.0 Å². The number of aromatic hydroxyl groups is 1. The maximum atomic E-state index is 13.2. The van der Waals surface area contributed by atoms with E-state index in [1.165, 1.54) is 13.0 Å². The van der Waals surface area contributed by atoms with Crippen molar-refractivity contribution >= 4 is 18.0 Å². The summed E-state index contributed by atoms with van der Waals surface area (Å²) in [6.07, 6.45) is 9.58. The monoisotopic (exact) mass is 478 g/mol. The van der Waals surface area contributed by atoms with Crippen molar-refractivity contribution in [1.82, 2.24) is 9.80 Å². The molecule has 1 aromatic carbocycles. The standard InChI is InChI=1S/C27H30N2O6/c1-15(30)34-22-13-21(31)17-12-20-18-5-6-19(29(3)23(32)7-4-16-8-11-33-14-16)26-27(18,9-10-28(20)2)24(17)25(22)35-26/h4,7-8,11,13-14,18-20,26,31H,5-6,9-10,12H2,1-3H3/b7-4+/t18-,19+,20+,26-,27-/m0/s1. The summed E-state index contributed by atoms with van der Waals surface area (Å²) in [5.41, 5.74) is 2.38. The minimum atomic E-state index is -0.460. The number of ether oxygens (including phenoxy) is 2. The predicted octanol–water partition coefficient (Wildman–Crippen LogP) is 3.12. The molecule has 184 valence electrons. The number of likely N-dealkylation sites (N-methyl/N-ethyl adjacent to an activating group) is 2. The number of benzene rings is 1. The third kappa shape index (κ3) is 3.15. The summed E-state index contributed by atoms with van der Waals surface area (Å²) in [4.78, 5) is 29.2. The van der Waals surface area contributed by atoms with Gasteiger partial charge in [0, 0.05) is 54.3 Å². The third-order valence-electron chi connectivity index (χ3n) is 8.71. The molecule has 2 aliphatic heterocycles. The van der Waals surface area contributed by atoms with Crippen LogP contribution in [0.5, 0.6) is 17.2 Å². The molecule has 8 heteroatoms. The fourth-order valence-corrected chi connectivity index (χ4v) is 7.21. The number of esters is 1. The van der Waals surface area contributed by atoms with Crippen molar-refractivity contribution in [2.45, 2.75) is 56.2 Å². The normalized spacial score (nSPS) is 30.6. The van der Waals surface area contributed by atoms with Gasteiger partial charge in [-0.2, -0.15) is 0 Å². The highest BCUT2D eigenvalue weighted by molar-refractivity contribution is 5.92. The molecule has 0 unspecified atom stereocenters. The highest BCUT2D eigenvalue weighted by atomic mass is 16.6. The van der Waals surface area contributed by atoms with Gasteiger partial charge in [-0.15, -0.1) is 0 Å². The van der Waals surface area contributed by atoms with Crippen LogP contribution in [-0.2, 0) is 21.4 Å². The highest BCUT2D eigenvalue weighted by Crippen LogP contribution is 2.65. The Bertz CT molecular complexity index is 1220. The van der Waals surface area contributed by atoms with Gasteiger partial charge in [0.15, 0.2) is 11.5 Å². The molecule has 35 heavy (non-hydrogen) atoms. The zero-order valence-corrected chi connectivity index (χ0v) is 20.2. The fraction of sp³-hybridized carbons (Fsp3) is 0.481. The summed E-state index contributed by atoms with van der Waals surface area (Å²) >= 11 is 0. The molecule has 2 aliphatic carbocycles. The van der Waals surface area contributed by atoms with Crippen molar-refractivity contribution in [3.05, 3.63) is 47.4 Å². The molecule has 1 N–H and O–H groups in total. The zero-order valence-electron chi connectivity index (χ0n) is 20.2. The molecule has 4 aliphatic rings. The van der Waals surface area contributed by atoms with Crippen molar-refractivity contribution in [1.29, 1.82) is 0 Å². The van der Waals surface area contributed by atoms with Crippen LogP contribution in [0.2, 0.25) is 0 Å². The first-order chi connectivity index (χ1) is 16.8. The van der Waals surface area contributed by atoms with Crippen molar-refractivity contribution in [3.63, 3.8) is 0 Å². The van der Waals surface area contributed by atoms with Gasteiger partial charge in [-0.25, -0.2) is 0 Å². The van der Waals surface area contributed by atoms with Gasteiger partial charge in [-0.05, 0) is 57.3 Å². The lowest BCUT2D eigenvalue weighted by Crippen LogP contribution is -2.68. The number of rotatable bonds is 4. The molecule has 1 saturated carbocycles. The third-order valence-corrected chi connectivity index (χ3v) is 8.71. The number of phenols is 1. The Labute approximate surface area is 204 Å². The molecule has 1 amide bonds. The van der Waals surface area contributed by atoms with Crippen molar-refractivity contribution in [2.24, 2.45) is 5.92 Å². The molecule has 6 rings (SSSR count). The molecule has 0 radical (unpaired) electrons. The first-order valence-corrected chi connectivity index (χ1v) is 12.2. The van der Waals surface area contributed by atoms with Crippen LogP contribution in [0.15, 0.2) is 35.2 Å². The summed E-state index contributed by atoms with van der Waals surface area (Å²) in [6, 6.07) is 3.46. The number of hydrogen-bond donors (Lipinski definition) is 1. The number of nitrogens with zero attached hydrogens (tertiary/aromatic N) is 2. The Balaban J connectivity index is 1.43. The first-order valence-electron chi connectivity index (χ1n) is 12.2. The van der Waals surface area contributed by atoms with E-state index < -0.39 is 5.97 Å². The van der Waals surface area contributed by atoms with Gasteiger partial charge in [0.25, 0.3) is 0 Å². The molecular formula is C27H30N2O6. The summed E-state index contributed by atoms with van der Waals surface area (Å²) in [5.74, 6) is 0.756.